The molecule has 0 unspecified atom stereocenters. The maximum absolute atomic E-state index is 6.04. The highest BCUT2D eigenvalue weighted by Crippen LogP contribution is 2.41. The Morgan fingerprint density at radius 3 is 2.00 bits per heavy atom. The third-order valence-corrected chi connectivity index (χ3v) is 5.41. The van der Waals surface area contributed by atoms with Crippen LogP contribution in [0.4, 0.5) is 0 Å². The smallest absolute Gasteiger partial charge is 0.399 e. The zero-order valence-electron chi connectivity index (χ0n) is 14.2. The second kappa shape index (κ2) is 5.48. The lowest BCUT2D eigenvalue weighted by molar-refractivity contribution is -0.171. The lowest BCUT2D eigenvalue weighted by Crippen LogP contribution is -2.41. The van der Waals surface area contributed by atoms with Crippen LogP contribution in [0, 0.1) is 0 Å². The van der Waals surface area contributed by atoms with Crippen LogP contribution in [0.15, 0.2) is 23.7 Å². The zero-order valence-corrected chi connectivity index (χ0v) is 14.2. The van der Waals surface area contributed by atoms with Gasteiger partial charge in [0.2, 0.25) is 0 Å². The minimum atomic E-state index is -0.354. The molecule has 2 aliphatic heterocycles. The summed E-state index contributed by atoms with van der Waals surface area (Å²) < 4.78 is 23.6. The van der Waals surface area contributed by atoms with Crippen molar-refractivity contribution in [2.75, 3.05) is 13.2 Å². The fraction of sp³-hybridized carbons (Fsp3) is 0.765. The second-order valence-electron chi connectivity index (χ2n) is 7.57. The van der Waals surface area contributed by atoms with Crippen LogP contribution in [0.2, 0.25) is 0 Å². The van der Waals surface area contributed by atoms with E-state index in [0.717, 1.165) is 44.4 Å². The van der Waals surface area contributed by atoms with Crippen molar-refractivity contribution in [3.8, 4) is 0 Å². The van der Waals surface area contributed by atoms with Gasteiger partial charge in [0.05, 0.1) is 24.4 Å². The molecule has 0 N–H and O–H groups in total. The van der Waals surface area contributed by atoms with Gasteiger partial charge in [0.25, 0.3) is 0 Å². The molecular formula is C17H27BO4. The van der Waals surface area contributed by atoms with Gasteiger partial charge in [0.15, 0.2) is 5.79 Å². The largest absolute Gasteiger partial charge is 0.494 e. The molecule has 3 aliphatic rings. The SMILES string of the molecule is C=C(C=C1CCC2(CC1)OCCO2)B1OC(C)(C)C(C)(C)O1. The Morgan fingerprint density at radius 1 is 1.00 bits per heavy atom. The maximum atomic E-state index is 6.04. The number of rotatable bonds is 2. The molecule has 0 radical (unpaired) electrons. The topological polar surface area (TPSA) is 36.9 Å². The van der Waals surface area contributed by atoms with Crippen molar-refractivity contribution >= 4 is 7.12 Å². The molecular weight excluding hydrogens is 279 g/mol. The first-order chi connectivity index (χ1) is 10.2. The third kappa shape index (κ3) is 2.92. The van der Waals surface area contributed by atoms with Gasteiger partial charge in [0, 0.05) is 12.8 Å². The van der Waals surface area contributed by atoms with Gasteiger partial charge in [-0.15, -0.1) is 0 Å². The average Bonchev–Trinajstić information content (AvgIpc) is 2.96. The Labute approximate surface area is 134 Å². The highest BCUT2D eigenvalue weighted by atomic mass is 16.7. The first-order valence-electron chi connectivity index (χ1n) is 8.25. The summed E-state index contributed by atoms with van der Waals surface area (Å²) in [6.07, 6.45) is 5.96. The molecule has 0 aromatic carbocycles. The second-order valence-corrected chi connectivity index (χ2v) is 7.57. The van der Waals surface area contributed by atoms with Crippen LogP contribution in [0.3, 0.4) is 0 Å². The molecule has 2 heterocycles. The van der Waals surface area contributed by atoms with E-state index in [2.05, 4.69) is 40.3 Å². The van der Waals surface area contributed by atoms with Crippen molar-refractivity contribution in [3.05, 3.63) is 23.7 Å². The van der Waals surface area contributed by atoms with Crippen molar-refractivity contribution in [1.82, 2.24) is 0 Å². The molecule has 0 amide bonds. The summed E-state index contributed by atoms with van der Waals surface area (Å²) in [7, 11) is -0.354. The lowest BCUT2D eigenvalue weighted by Gasteiger charge is -2.32. The minimum absolute atomic E-state index is 0.316. The van der Waals surface area contributed by atoms with Gasteiger partial charge >= 0.3 is 7.12 Å². The van der Waals surface area contributed by atoms with Crippen molar-refractivity contribution in [2.45, 2.75) is 70.4 Å². The third-order valence-electron chi connectivity index (χ3n) is 5.41. The van der Waals surface area contributed by atoms with Crippen LogP contribution >= 0.6 is 0 Å². The molecule has 5 heteroatoms. The van der Waals surface area contributed by atoms with E-state index in [4.69, 9.17) is 18.8 Å². The normalized spacial score (nSPS) is 29.1. The predicted octanol–water partition coefficient (Wildman–Crippen LogP) is 3.42. The van der Waals surface area contributed by atoms with Crippen molar-refractivity contribution in [2.24, 2.45) is 0 Å². The molecule has 1 aliphatic carbocycles. The van der Waals surface area contributed by atoms with E-state index in [0.29, 0.717) is 0 Å². The number of hydrogen-bond donors (Lipinski definition) is 0. The highest BCUT2D eigenvalue weighted by Gasteiger charge is 2.51. The van der Waals surface area contributed by atoms with Gasteiger partial charge in [-0.1, -0.05) is 18.2 Å². The molecule has 122 valence electrons. The van der Waals surface area contributed by atoms with Crippen LogP contribution in [0.25, 0.3) is 0 Å². The molecule has 4 nitrogen and oxygen atoms in total. The van der Waals surface area contributed by atoms with E-state index in [1.54, 1.807) is 0 Å². The van der Waals surface area contributed by atoms with Crippen LogP contribution in [0.5, 0.6) is 0 Å². The predicted molar refractivity (Wildman–Crippen MR) is 86.4 cm³/mol. The summed E-state index contributed by atoms with van der Waals surface area (Å²) in [5, 5.41) is 0. The van der Waals surface area contributed by atoms with Crippen molar-refractivity contribution in [3.63, 3.8) is 0 Å². The van der Waals surface area contributed by atoms with Crippen LogP contribution in [-0.2, 0) is 18.8 Å². The fourth-order valence-corrected chi connectivity index (χ4v) is 3.21. The molecule has 1 spiro atoms. The first kappa shape index (κ1) is 16.3. The van der Waals surface area contributed by atoms with Gasteiger partial charge in [-0.25, -0.2) is 0 Å². The Kier molecular flexibility index (Phi) is 4.05. The molecule has 0 aromatic rings. The fourth-order valence-electron chi connectivity index (χ4n) is 3.21. The van der Waals surface area contributed by atoms with Crippen LogP contribution in [0.1, 0.15) is 53.4 Å². The van der Waals surface area contributed by atoms with Crippen molar-refractivity contribution in [1.29, 1.82) is 0 Å². The van der Waals surface area contributed by atoms with E-state index >= 15 is 0 Å². The van der Waals surface area contributed by atoms with Gasteiger partial charge in [0.1, 0.15) is 0 Å². The van der Waals surface area contributed by atoms with Gasteiger partial charge in [-0.3, -0.25) is 0 Å². The summed E-state index contributed by atoms with van der Waals surface area (Å²) in [4.78, 5) is 0. The molecule has 3 rings (SSSR count). The van der Waals surface area contributed by atoms with E-state index in [9.17, 15) is 0 Å². The Bertz CT molecular complexity index is 461. The Balaban J connectivity index is 1.61. The van der Waals surface area contributed by atoms with E-state index in [1.165, 1.54) is 5.57 Å². The van der Waals surface area contributed by atoms with Gasteiger partial charge in [-0.05, 0) is 46.0 Å². The van der Waals surface area contributed by atoms with Crippen molar-refractivity contribution < 1.29 is 18.8 Å². The monoisotopic (exact) mass is 306 g/mol. The van der Waals surface area contributed by atoms with E-state index < -0.39 is 0 Å². The standard InChI is InChI=1S/C17H27BO4/c1-13(18-21-15(2,3)16(4,5)22-18)12-14-6-8-17(9-7-14)19-10-11-20-17/h12H,1,6-11H2,2-5H3. The summed E-state index contributed by atoms with van der Waals surface area (Å²) >= 11 is 0. The maximum Gasteiger partial charge on any atom is 0.494 e. The minimum Gasteiger partial charge on any atom is -0.399 e. The average molecular weight is 306 g/mol. The molecule has 0 aromatic heterocycles. The highest BCUT2D eigenvalue weighted by molar-refractivity contribution is 6.55. The molecule has 3 fully saturated rings. The van der Waals surface area contributed by atoms with E-state index in [1.807, 2.05) is 0 Å². The Morgan fingerprint density at radius 2 is 1.50 bits per heavy atom. The van der Waals surface area contributed by atoms with Gasteiger partial charge in [-0.2, -0.15) is 0 Å². The van der Waals surface area contributed by atoms with Crippen LogP contribution in [-0.4, -0.2) is 37.3 Å². The number of hydrogen-bond acceptors (Lipinski definition) is 4. The zero-order chi connectivity index (χ0) is 16.0. The van der Waals surface area contributed by atoms with E-state index in [-0.39, 0.29) is 24.1 Å². The summed E-state index contributed by atoms with van der Waals surface area (Å²) in [5.74, 6) is -0.316. The summed E-state index contributed by atoms with van der Waals surface area (Å²) in [5.41, 5.74) is 1.64. The number of ether oxygens (including phenoxy) is 2. The molecule has 2 saturated heterocycles. The Hall–Kier alpha value is -0.615. The molecule has 0 bridgehead atoms. The molecule has 22 heavy (non-hydrogen) atoms. The van der Waals surface area contributed by atoms with Crippen LogP contribution < -0.4 is 0 Å². The quantitative estimate of drug-likeness (QED) is 0.733. The molecule has 1 saturated carbocycles. The molecule has 0 atom stereocenters. The summed E-state index contributed by atoms with van der Waals surface area (Å²) in [6.45, 7) is 13.9. The summed E-state index contributed by atoms with van der Waals surface area (Å²) in [6, 6.07) is 0. The first-order valence-corrected chi connectivity index (χ1v) is 8.25. The van der Waals surface area contributed by atoms with Gasteiger partial charge < -0.3 is 18.8 Å². The number of allylic oxidation sites excluding steroid dienone is 3. The lowest BCUT2D eigenvalue weighted by atomic mass is 9.76.